The quantitative estimate of drug-likeness (QED) is 0.597. The number of benzene rings is 2. The zero-order valence-corrected chi connectivity index (χ0v) is 17.3. The molecule has 8 heteroatoms. The number of aliphatic hydroxyl groups is 1. The number of amides is 2. The van der Waals surface area contributed by atoms with E-state index in [1.54, 1.807) is 7.11 Å². The van der Waals surface area contributed by atoms with Crippen LogP contribution < -0.4 is 15.4 Å². The minimum Gasteiger partial charge on any atom is -0.497 e. The van der Waals surface area contributed by atoms with E-state index in [4.69, 9.17) is 9.47 Å². The van der Waals surface area contributed by atoms with Crippen molar-refractivity contribution >= 4 is 11.8 Å². The van der Waals surface area contributed by atoms with Gasteiger partial charge in [-0.3, -0.25) is 9.59 Å². The zero-order valence-electron chi connectivity index (χ0n) is 17.3. The second-order valence-corrected chi connectivity index (χ2v) is 7.48. The van der Waals surface area contributed by atoms with Crippen LogP contribution in [0.4, 0.5) is 4.39 Å². The Morgan fingerprint density at radius 3 is 2.65 bits per heavy atom. The summed E-state index contributed by atoms with van der Waals surface area (Å²) < 4.78 is 24.3. The monoisotopic (exact) mass is 430 g/mol. The molecule has 0 aromatic heterocycles. The van der Waals surface area contributed by atoms with E-state index in [1.807, 2.05) is 24.3 Å². The number of rotatable bonds is 8. The van der Waals surface area contributed by atoms with Gasteiger partial charge in [-0.25, -0.2) is 4.39 Å². The lowest BCUT2D eigenvalue weighted by Crippen LogP contribution is -2.51. The molecule has 0 bridgehead atoms. The number of aliphatic hydroxyl groups excluding tert-OH is 1. The number of nitrogens with one attached hydrogen (secondary N) is 2. The van der Waals surface area contributed by atoms with Crippen LogP contribution in [0.1, 0.15) is 35.2 Å². The Morgan fingerprint density at radius 1 is 1.19 bits per heavy atom. The van der Waals surface area contributed by atoms with Crippen molar-refractivity contribution in [1.29, 1.82) is 0 Å². The van der Waals surface area contributed by atoms with Crippen LogP contribution in [0.5, 0.6) is 5.75 Å². The molecule has 3 atom stereocenters. The highest BCUT2D eigenvalue weighted by Gasteiger charge is 2.33. The molecule has 0 radical (unpaired) electrons. The molecule has 1 aliphatic heterocycles. The van der Waals surface area contributed by atoms with Crippen LogP contribution in [0.3, 0.4) is 0 Å². The van der Waals surface area contributed by atoms with Crippen LogP contribution in [0.15, 0.2) is 48.5 Å². The fraction of sp³-hybridized carbons (Fsp3) is 0.391. The van der Waals surface area contributed by atoms with E-state index >= 15 is 0 Å². The first kappa shape index (κ1) is 22.7. The predicted octanol–water partition coefficient (Wildman–Crippen LogP) is 2.18. The molecule has 7 nitrogen and oxygen atoms in total. The zero-order chi connectivity index (χ0) is 22.2. The Morgan fingerprint density at radius 2 is 1.97 bits per heavy atom. The van der Waals surface area contributed by atoms with Crippen molar-refractivity contribution in [3.63, 3.8) is 0 Å². The Balaban J connectivity index is 1.47. The summed E-state index contributed by atoms with van der Waals surface area (Å²) in [5.74, 6) is -0.325. The van der Waals surface area contributed by atoms with Gasteiger partial charge in [0.1, 0.15) is 17.7 Å². The summed E-state index contributed by atoms with van der Waals surface area (Å²) in [6, 6.07) is 12.4. The number of carbonyl (C=O) groups excluding carboxylic acids is 2. The average molecular weight is 430 g/mol. The van der Waals surface area contributed by atoms with Crippen LogP contribution in [-0.4, -0.2) is 48.9 Å². The molecule has 0 unspecified atom stereocenters. The molecular formula is C23H27FN2O5. The van der Waals surface area contributed by atoms with Gasteiger partial charge in [0.15, 0.2) is 0 Å². The van der Waals surface area contributed by atoms with Gasteiger partial charge >= 0.3 is 0 Å². The van der Waals surface area contributed by atoms with Crippen LogP contribution in [0, 0.1) is 5.82 Å². The molecule has 1 fully saturated rings. The number of hydrogen-bond acceptors (Lipinski definition) is 5. The van der Waals surface area contributed by atoms with Crippen LogP contribution in [0.25, 0.3) is 0 Å². The van der Waals surface area contributed by atoms with Crippen molar-refractivity contribution < 1.29 is 28.6 Å². The second kappa shape index (κ2) is 10.9. The van der Waals surface area contributed by atoms with E-state index in [9.17, 15) is 19.1 Å². The summed E-state index contributed by atoms with van der Waals surface area (Å²) in [5, 5.41) is 15.3. The van der Waals surface area contributed by atoms with Gasteiger partial charge in [0.2, 0.25) is 5.91 Å². The number of halogens is 1. The van der Waals surface area contributed by atoms with Crippen molar-refractivity contribution in [2.45, 2.75) is 44.1 Å². The SMILES string of the molecule is COc1ccc(CNC(=O)C[C@H]2CC[C@H](NC(=O)c3cccc(F)c3)[C@H](CO)O2)cc1. The van der Waals surface area contributed by atoms with Crippen LogP contribution >= 0.6 is 0 Å². The highest BCUT2D eigenvalue weighted by Crippen LogP contribution is 2.22. The van der Waals surface area contributed by atoms with Gasteiger partial charge in [-0.2, -0.15) is 0 Å². The molecule has 1 aliphatic rings. The lowest BCUT2D eigenvalue weighted by Gasteiger charge is -2.36. The first-order valence-electron chi connectivity index (χ1n) is 10.2. The average Bonchev–Trinajstić information content (AvgIpc) is 2.79. The summed E-state index contributed by atoms with van der Waals surface area (Å²) >= 11 is 0. The standard InChI is InChI=1S/C23H27FN2O5/c1-30-18-7-5-15(6-8-18)13-25-22(28)12-19-9-10-20(21(14-27)31-19)26-23(29)16-3-2-4-17(24)11-16/h2-8,11,19-21,27H,9-10,12-14H2,1H3,(H,25,28)(H,26,29)/t19-,20+,21+/m1/s1. The molecule has 1 saturated heterocycles. The third kappa shape index (κ3) is 6.50. The van der Waals surface area contributed by atoms with Gasteiger partial charge in [0.25, 0.3) is 5.91 Å². The molecular weight excluding hydrogens is 403 g/mol. The molecule has 31 heavy (non-hydrogen) atoms. The molecule has 2 aromatic carbocycles. The normalized spacial score (nSPS) is 20.7. The van der Waals surface area contributed by atoms with Gasteiger partial charge in [-0.1, -0.05) is 18.2 Å². The fourth-order valence-electron chi connectivity index (χ4n) is 3.55. The Kier molecular flexibility index (Phi) is 7.97. The van der Waals surface area contributed by atoms with Gasteiger partial charge in [-0.15, -0.1) is 0 Å². The van der Waals surface area contributed by atoms with Crippen molar-refractivity contribution in [2.75, 3.05) is 13.7 Å². The third-order valence-corrected chi connectivity index (χ3v) is 5.26. The molecule has 1 heterocycles. The second-order valence-electron chi connectivity index (χ2n) is 7.48. The third-order valence-electron chi connectivity index (χ3n) is 5.26. The Bertz CT molecular complexity index is 890. The maximum Gasteiger partial charge on any atom is 0.251 e. The predicted molar refractivity (Wildman–Crippen MR) is 112 cm³/mol. The van der Waals surface area contributed by atoms with Crippen molar-refractivity contribution in [3.05, 3.63) is 65.5 Å². The fourth-order valence-corrected chi connectivity index (χ4v) is 3.55. The summed E-state index contributed by atoms with van der Waals surface area (Å²) in [5.41, 5.74) is 1.16. The minimum absolute atomic E-state index is 0.153. The summed E-state index contributed by atoms with van der Waals surface area (Å²) in [6.45, 7) is 0.101. The van der Waals surface area contributed by atoms with Gasteiger partial charge < -0.3 is 25.2 Å². The van der Waals surface area contributed by atoms with Gasteiger partial charge in [-0.05, 0) is 48.7 Å². The van der Waals surface area contributed by atoms with Crippen LogP contribution in [0.2, 0.25) is 0 Å². The van der Waals surface area contributed by atoms with Gasteiger partial charge in [0, 0.05) is 12.1 Å². The number of hydrogen-bond donors (Lipinski definition) is 3. The van der Waals surface area contributed by atoms with Crippen molar-refractivity contribution in [3.8, 4) is 5.75 Å². The van der Waals surface area contributed by atoms with Crippen molar-refractivity contribution in [2.24, 2.45) is 0 Å². The highest BCUT2D eigenvalue weighted by atomic mass is 19.1. The first-order chi connectivity index (χ1) is 15.0. The molecule has 2 amide bonds. The number of methoxy groups -OCH3 is 1. The molecule has 0 aliphatic carbocycles. The molecule has 2 aromatic rings. The largest absolute Gasteiger partial charge is 0.497 e. The van der Waals surface area contributed by atoms with E-state index in [2.05, 4.69) is 10.6 Å². The smallest absolute Gasteiger partial charge is 0.251 e. The lowest BCUT2D eigenvalue weighted by molar-refractivity contribution is -0.131. The van der Waals surface area contributed by atoms with E-state index < -0.39 is 23.9 Å². The highest BCUT2D eigenvalue weighted by molar-refractivity contribution is 5.94. The number of ether oxygens (including phenoxy) is 2. The Labute approximate surface area is 180 Å². The molecule has 166 valence electrons. The van der Waals surface area contributed by atoms with E-state index in [0.717, 1.165) is 17.4 Å². The van der Waals surface area contributed by atoms with E-state index in [1.165, 1.54) is 18.2 Å². The minimum atomic E-state index is -0.634. The lowest BCUT2D eigenvalue weighted by atomic mass is 9.96. The molecule has 3 rings (SSSR count). The maximum absolute atomic E-state index is 13.3. The summed E-state index contributed by atoms with van der Waals surface area (Å²) in [6.07, 6.45) is 0.279. The topological polar surface area (TPSA) is 96.9 Å². The molecule has 0 spiro atoms. The number of carbonyl (C=O) groups is 2. The first-order valence-corrected chi connectivity index (χ1v) is 10.2. The van der Waals surface area contributed by atoms with E-state index in [-0.39, 0.29) is 30.6 Å². The Hall–Kier alpha value is -2.97. The van der Waals surface area contributed by atoms with Crippen LogP contribution in [-0.2, 0) is 16.1 Å². The van der Waals surface area contributed by atoms with Gasteiger partial charge in [0.05, 0.1) is 32.3 Å². The maximum atomic E-state index is 13.3. The molecule has 3 N–H and O–H groups in total. The van der Waals surface area contributed by atoms with E-state index in [0.29, 0.717) is 19.4 Å². The summed E-state index contributed by atoms with van der Waals surface area (Å²) in [7, 11) is 1.60. The molecule has 0 saturated carbocycles. The summed E-state index contributed by atoms with van der Waals surface area (Å²) in [4.78, 5) is 24.7. The van der Waals surface area contributed by atoms with Crippen molar-refractivity contribution in [1.82, 2.24) is 10.6 Å².